The number of unbranched alkanes of at least 4 members (excludes halogenated alkanes) is 1. The fraction of sp³-hybridized carbons (Fsp3) is 0.478. The first-order valence-corrected chi connectivity index (χ1v) is 10.9. The zero-order chi connectivity index (χ0) is 23.1. The number of carboxylic acid groups (broad SMARTS) is 1. The van der Waals surface area contributed by atoms with Gasteiger partial charge in [0.25, 0.3) is 5.91 Å². The number of benzene rings is 1. The van der Waals surface area contributed by atoms with Crippen molar-refractivity contribution in [3.05, 3.63) is 39.7 Å². The summed E-state index contributed by atoms with van der Waals surface area (Å²) in [4.78, 5) is 47.2. The molecule has 1 aliphatic carbocycles. The molecule has 1 aliphatic rings. The standard InChI is InChI=1S/C23H28N2O7/c1-2-3-8-18(22(28)29)25-20(26)12-24-21(27)13-31-14-9-10-16-15-6-4-5-7-17(15)23(30)32-19(16)11-14/h9-11,18H,2-8,12-13H2,1H3,(H,24,27)(H,25,26)(H,28,29)/p-1/t18-/m1/s1. The van der Waals surface area contributed by atoms with Gasteiger partial charge >= 0.3 is 5.63 Å². The Hall–Kier alpha value is -3.36. The van der Waals surface area contributed by atoms with Crippen molar-refractivity contribution >= 4 is 28.8 Å². The van der Waals surface area contributed by atoms with Gasteiger partial charge in [0, 0.05) is 17.0 Å². The lowest BCUT2D eigenvalue weighted by atomic mass is 9.91. The third-order valence-electron chi connectivity index (χ3n) is 5.48. The molecule has 0 saturated heterocycles. The number of hydrogen-bond acceptors (Lipinski definition) is 7. The van der Waals surface area contributed by atoms with E-state index in [1.807, 2.05) is 13.0 Å². The Morgan fingerprint density at radius 1 is 1.16 bits per heavy atom. The first-order valence-electron chi connectivity index (χ1n) is 10.9. The Kier molecular flexibility index (Phi) is 7.86. The molecular weight excluding hydrogens is 416 g/mol. The van der Waals surface area contributed by atoms with Crippen LogP contribution in [0.5, 0.6) is 5.75 Å². The van der Waals surface area contributed by atoms with Gasteiger partial charge < -0.3 is 29.7 Å². The third kappa shape index (κ3) is 5.87. The second kappa shape index (κ2) is 10.8. The highest BCUT2D eigenvalue weighted by atomic mass is 16.5. The van der Waals surface area contributed by atoms with E-state index in [0.717, 1.165) is 48.6 Å². The maximum atomic E-state index is 12.2. The Morgan fingerprint density at radius 3 is 2.62 bits per heavy atom. The Morgan fingerprint density at radius 2 is 1.91 bits per heavy atom. The van der Waals surface area contributed by atoms with Gasteiger partial charge in [-0.25, -0.2) is 4.79 Å². The minimum Gasteiger partial charge on any atom is -0.548 e. The monoisotopic (exact) mass is 443 g/mol. The summed E-state index contributed by atoms with van der Waals surface area (Å²) in [7, 11) is 0. The van der Waals surface area contributed by atoms with Gasteiger partial charge in [0.1, 0.15) is 11.3 Å². The van der Waals surface area contributed by atoms with Crippen LogP contribution < -0.4 is 26.1 Å². The molecule has 2 aromatic rings. The molecule has 32 heavy (non-hydrogen) atoms. The van der Waals surface area contributed by atoms with Gasteiger partial charge in [0.15, 0.2) is 6.61 Å². The zero-order valence-corrected chi connectivity index (χ0v) is 18.0. The topological polar surface area (TPSA) is 138 Å². The largest absolute Gasteiger partial charge is 0.548 e. The van der Waals surface area contributed by atoms with Gasteiger partial charge in [0.2, 0.25) is 5.91 Å². The smallest absolute Gasteiger partial charge is 0.339 e. The lowest BCUT2D eigenvalue weighted by Crippen LogP contribution is -2.50. The summed E-state index contributed by atoms with van der Waals surface area (Å²) in [6.07, 6.45) is 5.25. The SMILES string of the molecule is CCCC[C@@H](NC(=O)CNC(=O)COc1ccc2c3c(c(=O)oc2c1)CCCC3)C(=O)[O-]. The maximum absolute atomic E-state index is 12.2. The molecule has 1 heterocycles. The van der Waals surface area contributed by atoms with Crippen molar-refractivity contribution in [1.29, 1.82) is 0 Å². The van der Waals surface area contributed by atoms with Crippen molar-refractivity contribution in [3.8, 4) is 5.75 Å². The van der Waals surface area contributed by atoms with E-state index in [1.165, 1.54) is 0 Å². The number of aryl methyl sites for hydroxylation is 1. The second-order valence-corrected chi connectivity index (χ2v) is 7.86. The van der Waals surface area contributed by atoms with Crippen molar-refractivity contribution in [1.82, 2.24) is 10.6 Å². The minimum absolute atomic E-state index is 0.267. The summed E-state index contributed by atoms with van der Waals surface area (Å²) in [6, 6.07) is 4.01. The number of carboxylic acids is 1. The highest BCUT2D eigenvalue weighted by Gasteiger charge is 2.18. The Balaban J connectivity index is 1.53. The van der Waals surface area contributed by atoms with E-state index in [1.54, 1.807) is 12.1 Å². The van der Waals surface area contributed by atoms with Crippen molar-refractivity contribution in [3.63, 3.8) is 0 Å². The van der Waals surface area contributed by atoms with Gasteiger partial charge in [-0.05, 0) is 49.8 Å². The summed E-state index contributed by atoms with van der Waals surface area (Å²) in [5.74, 6) is -2.18. The molecule has 3 rings (SSSR count). The van der Waals surface area contributed by atoms with Gasteiger partial charge in [0.05, 0.1) is 18.6 Å². The molecule has 172 valence electrons. The van der Waals surface area contributed by atoms with Gasteiger partial charge in [-0.15, -0.1) is 0 Å². The van der Waals surface area contributed by atoms with E-state index >= 15 is 0 Å². The van der Waals surface area contributed by atoms with Crippen LogP contribution in [0.4, 0.5) is 0 Å². The van der Waals surface area contributed by atoms with Gasteiger partial charge in [-0.3, -0.25) is 9.59 Å². The predicted octanol–water partition coefficient (Wildman–Crippen LogP) is 0.592. The number of carbonyl (C=O) groups excluding carboxylic acids is 3. The van der Waals surface area contributed by atoms with Crippen LogP contribution in [0.25, 0.3) is 11.0 Å². The first-order chi connectivity index (χ1) is 15.4. The average Bonchev–Trinajstić information content (AvgIpc) is 2.78. The number of rotatable bonds is 10. The molecule has 9 heteroatoms. The molecule has 2 N–H and O–H groups in total. The molecule has 1 aromatic heterocycles. The van der Waals surface area contributed by atoms with Gasteiger partial charge in [-0.2, -0.15) is 0 Å². The third-order valence-corrected chi connectivity index (χ3v) is 5.48. The predicted molar refractivity (Wildman–Crippen MR) is 114 cm³/mol. The Labute approximate surface area is 185 Å². The molecule has 0 radical (unpaired) electrons. The normalized spacial score (nSPS) is 13.8. The van der Waals surface area contributed by atoms with Crippen LogP contribution in [0.3, 0.4) is 0 Å². The maximum Gasteiger partial charge on any atom is 0.339 e. The number of nitrogens with one attached hydrogen (secondary N) is 2. The van der Waals surface area contributed by atoms with E-state index in [9.17, 15) is 24.3 Å². The molecule has 0 unspecified atom stereocenters. The molecule has 1 aromatic carbocycles. The van der Waals surface area contributed by atoms with Crippen LogP contribution >= 0.6 is 0 Å². The number of aliphatic carboxylic acids is 1. The van der Waals surface area contributed by atoms with E-state index in [2.05, 4.69) is 10.6 Å². The highest BCUT2D eigenvalue weighted by Crippen LogP contribution is 2.29. The minimum atomic E-state index is -1.36. The van der Waals surface area contributed by atoms with Crippen LogP contribution in [0.15, 0.2) is 27.4 Å². The summed E-state index contributed by atoms with van der Waals surface area (Å²) in [5.41, 5.74) is 1.84. The van der Waals surface area contributed by atoms with Crippen molar-refractivity contribution in [2.75, 3.05) is 13.2 Å². The van der Waals surface area contributed by atoms with Crippen LogP contribution in [0.2, 0.25) is 0 Å². The lowest BCUT2D eigenvalue weighted by molar-refractivity contribution is -0.308. The summed E-state index contributed by atoms with van der Waals surface area (Å²) in [6.45, 7) is 1.18. The molecule has 2 amide bonds. The molecule has 1 atom stereocenters. The van der Waals surface area contributed by atoms with E-state index in [-0.39, 0.29) is 25.2 Å². The van der Waals surface area contributed by atoms with Gasteiger partial charge in [-0.1, -0.05) is 19.8 Å². The van der Waals surface area contributed by atoms with Crippen molar-refractivity contribution in [2.45, 2.75) is 57.9 Å². The number of amides is 2. The van der Waals surface area contributed by atoms with Crippen LogP contribution in [-0.2, 0) is 27.2 Å². The molecule has 0 bridgehead atoms. The Bertz CT molecular complexity index is 1060. The van der Waals surface area contributed by atoms with Crippen molar-refractivity contribution < 1.29 is 28.6 Å². The van der Waals surface area contributed by atoms with Crippen molar-refractivity contribution in [2.24, 2.45) is 0 Å². The van der Waals surface area contributed by atoms with E-state index in [4.69, 9.17) is 9.15 Å². The molecule has 0 spiro atoms. The number of carbonyl (C=O) groups is 3. The zero-order valence-electron chi connectivity index (χ0n) is 18.0. The van der Waals surface area contributed by atoms with E-state index < -0.39 is 23.8 Å². The molecule has 9 nitrogen and oxygen atoms in total. The molecule has 0 fully saturated rings. The van der Waals surface area contributed by atoms with E-state index in [0.29, 0.717) is 17.8 Å². The number of ether oxygens (including phenoxy) is 1. The fourth-order valence-corrected chi connectivity index (χ4v) is 3.80. The quantitative estimate of drug-likeness (QED) is 0.513. The molecular formula is C23H27N2O7-. The number of hydrogen-bond donors (Lipinski definition) is 2. The average molecular weight is 443 g/mol. The summed E-state index contributed by atoms with van der Waals surface area (Å²) < 4.78 is 10.9. The summed E-state index contributed by atoms with van der Waals surface area (Å²) in [5, 5.41) is 16.7. The van der Waals surface area contributed by atoms with Crippen LogP contribution in [0.1, 0.15) is 50.2 Å². The molecule has 0 saturated carbocycles. The van der Waals surface area contributed by atoms with Crippen LogP contribution in [0, 0.1) is 0 Å². The lowest BCUT2D eigenvalue weighted by Gasteiger charge is -2.19. The first kappa shape index (κ1) is 23.3. The molecule has 0 aliphatic heterocycles. The van der Waals surface area contributed by atoms with Crippen LogP contribution in [-0.4, -0.2) is 37.0 Å². The number of fused-ring (bicyclic) bond motifs is 3. The fourth-order valence-electron chi connectivity index (χ4n) is 3.80. The second-order valence-electron chi connectivity index (χ2n) is 7.86. The highest BCUT2D eigenvalue weighted by molar-refractivity contribution is 5.88. The summed E-state index contributed by atoms with van der Waals surface area (Å²) >= 11 is 0.